The molecule has 1 heterocycles. The van der Waals surface area contributed by atoms with Crippen LogP contribution in [0.2, 0.25) is 0 Å². The molecule has 1 aromatic heterocycles. The van der Waals surface area contributed by atoms with Gasteiger partial charge in [0.05, 0.1) is 22.5 Å². The van der Waals surface area contributed by atoms with E-state index in [1.54, 1.807) is 0 Å². The summed E-state index contributed by atoms with van der Waals surface area (Å²) in [5, 5.41) is 4.33. The van der Waals surface area contributed by atoms with Crippen molar-refractivity contribution in [2.24, 2.45) is 13.0 Å². The molecule has 1 fully saturated rings. The molecule has 0 radical (unpaired) electrons. The maximum Gasteiger partial charge on any atom is 0.0896 e. The molecule has 0 aliphatic heterocycles. The maximum atomic E-state index is 5.65. The van der Waals surface area contributed by atoms with Crippen LogP contribution in [0.5, 0.6) is 0 Å². The third-order valence-electron chi connectivity index (χ3n) is 2.87. The van der Waals surface area contributed by atoms with Gasteiger partial charge in [-0.25, -0.2) is 0 Å². The zero-order chi connectivity index (χ0) is 10.8. The van der Waals surface area contributed by atoms with Crippen LogP contribution in [0.25, 0.3) is 0 Å². The fourth-order valence-electron chi connectivity index (χ4n) is 1.66. The number of hydrogen-bond donors (Lipinski definition) is 0. The molecule has 0 aromatic carbocycles. The molecule has 4 heteroatoms. The quantitative estimate of drug-likeness (QED) is 0.771. The van der Waals surface area contributed by atoms with Crippen LogP contribution in [-0.2, 0) is 18.4 Å². The molecule has 3 nitrogen and oxygen atoms in total. The second-order valence-electron chi connectivity index (χ2n) is 4.25. The van der Waals surface area contributed by atoms with Gasteiger partial charge in [-0.05, 0) is 35.2 Å². The third kappa shape index (κ3) is 2.82. The Balaban J connectivity index is 1.81. The van der Waals surface area contributed by atoms with Crippen LogP contribution < -0.4 is 0 Å². The Hall–Kier alpha value is -0.350. The van der Waals surface area contributed by atoms with Gasteiger partial charge in [0.15, 0.2) is 0 Å². The first-order chi connectivity index (χ1) is 7.18. The highest BCUT2D eigenvalue weighted by Crippen LogP contribution is 2.32. The Kier molecular flexibility index (Phi) is 3.46. The summed E-state index contributed by atoms with van der Waals surface area (Å²) in [6.07, 6.45) is 4.02. The van der Waals surface area contributed by atoms with Gasteiger partial charge in [-0.1, -0.05) is 12.8 Å². The first-order valence-electron chi connectivity index (χ1n) is 5.44. The van der Waals surface area contributed by atoms with Gasteiger partial charge in [-0.15, -0.1) is 0 Å². The van der Waals surface area contributed by atoms with Crippen molar-refractivity contribution in [1.29, 1.82) is 0 Å². The summed E-state index contributed by atoms with van der Waals surface area (Å²) >= 11 is 3.53. The average Bonchev–Trinajstić information content (AvgIpc) is 2.96. The van der Waals surface area contributed by atoms with E-state index >= 15 is 0 Å². The van der Waals surface area contributed by atoms with Gasteiger partial charge in [0.2, 0.25) is 0 Å². The van der Waals surface area contributed by atoms with Gasteiger partial charge in [-0.2, -0.15) is 5.10 Å². The van der Waals surface area contributed by atoms with Crippen molar-refractivity contribution >= 4 is 15.9 Å². The molecule has 84 valence electrons. The molecule has 0 amide bonds. The summed E-state index contributed by atoms with van der Waals surface area (Å²) in [4.78, 5) is 0. The summed E-state index contributed by atoms with van der Waals surface area (Å²) in [7, 11) is 1.96. The largest absolute Gasteiger partial charge is 0.375 e. The lowest BCUT2D eigenvalue weighted by Gasteiger charge is -2.04. The predicted molar refractivity (Wildman–Crippen MR) is 62.6 cm³/mol. The molecule has 1 saturated carbocycles. The average molecular weight is 273 g/mol. The van der Waals surface area contributed by atoms with Gasteiger partial charge in [0.1, 0.15) is 0 Å². The molecule has 0 N–H and O–H groups in total. The molecule has 2 rings (SSSR count). The molecule has 0 saturated heterocycles. The van der Waals surface area contributed by atoms with E-state index in [1.807, 2.05) is 18.7 Å². The zero-order valence-corrected chi connectivity index (χ0v) is 10.9. The second-order valence-corrected chi connectivity index (χ2v) is 5.05. The molecule has 1 aromatic rings. The summed E-state index contributed by atoms with van der Waals surface area (Å²) in [6.45, 7) is 3.53. The van der Waals surface area contributed by atoms with E-state index < -0.39 is 0 Å². The summed E-state index contributed by atoms with van der Waals surface area (Å²) in [6, 6.07) is 0. The van der Waals surface area contributed by atoms with Gasteiger partial charge in [0, 0.05) is 13.7 Å². The van der Waals surface area contributed by atoms with Crippen molar-refractivity contribution in [3.05, 3.63) is 15.9 Å². The van der Waals surface area contributed by atoms with Crippen molar-refractivity contribution in [3.63, 3.8) is 0 Å². The zero-order valence-electron chi connectivity index (χ0n) is 9.29. The summed E-state index contributed by atoms with van der Waals surface area (Å²) in [5.74, 6) is 0.946. The van der Waals surface area contributed by atoms with Crippen LogP contribution in [0.3, 0.4) is 0 Å². The van der Waals surface area contributed by atoms with Gasteiger partial charge >= 0.3 is 0 Å². The smallest absolute Gasteiger partial charge is 0.0896 e. The van der Waals surface area contributed by atoms with Crippen molar-refractivity contribution < 1.29 is 4.74 Å². The first-order valence-corrected chi connectivity index (χ1v) is 6.23. The highest BCUT2D eigenvalue weighted by Gasteiger charge is 2.20. The van der Waals surface area contributed by atoms with Crippen LogP contribution in [0.4, 0.5) is 0 Å². The standard InChI is InChI=1S/C11H17BrN2O/c1-8-11(12)10(14(2)13-8)7-15-6-5-9-3-4-9/h9H,3-7H2,1-2H3. The molecule has 0 spiro atoms. The predicted octanol–water partition coefficient (Wildman–Crippen LogP) is 2.81. The van der Waals surface area contributed by atoms with Crippen LogP contribution in [-0.4, -0.2) is 16.4 Å². The number of aromatic nitrogens is 2. The molecular formula is C11H17BrN2O. The highest BCUT2D eigenvalue weighted by molar-refractivity contribution is 9.10. The van der Waals surface area contributed by atoms with E-state index in [4.69, 9.17) is 4.74 Å². The molecule has 0 atom stereocenters. The highest BCUT2D eigenvalue weighted by atomic mass is 79.9. The van der Waals surface area contributed by atoms with Crippen molar-refractivity contribution in [3.8, 4) is 0 Å². The lowest BCUT2D eigenvalue weighted by Crippen LogP contribution is -2.03. The topological polar surface area (TPSA) is 27.1 Å². The molecular weight excluding hydrogens is 256 g/mol. The van der Waals surface area contributed by atoms with E-state index in [1.165, 1.54) is 19.3 Å². The first kappa shape index (κ1) is 11.1. The van der Waals surface area contributed by atoms with Gasteiger partial charge in [0.25, 0.3) is 0 Å². The van der Waals surface area contributed by atoms with Gasteiger partial charge < -0.3 is 4.74 Å². The van der Waals surface area contributed by atoms with E-state index in [0.29, 0.717) is 6.61 Å². The lowest BCUT2D eigenvalue weighted by atomic mass is 10.3. The van der Waals surface area contributed by atoms with Crippen molar-refractivity contribution in [1.82, 2.24) is 9.78 Å². The number of nitrogens with zero attached hydrogens (tertiary/aromatic N) is 2. The summed E-state index contributed by atoms with van der Waals surface area (Å²) in [5.41, 5.74) is 2.15. The Morgan fingerprint density at radius 3 is 2.80 bits per heavy atom. The van der Waals surface area contributed by atoms with E-state index in [2.05, 4.69) is 21.0 Å². The minimum Gasteiger partial charge on any atom is -0.375 e. The molecule has 0 unspecified atom stereocenters. The number of hydrogen-bond acceptors (Lipinski definition) is 2. The number of halogens is 1. The molecule has 1 aliphatic rings. The fourth-order valence-corrected chi connectivity index (χ4v) is 2.11. The monoisotopic (exact) mass is 272 g/mol. The van der Waals surface area contributed by atoms with Crippen LogP contribution in [0.1, 0.15) is 30.7 Å². The molecule has 1 aliphatic carbocycles. The van der Waals surface area contributed by atoms with E-state index in [9.17, 15) is 0 Å². The van der Waals surface area contributed by atoms with Gasteiger partial charge in [-0.3, -0.25) is 4.68 Å². The normalized spacial score (nSPS) is 15.9. The van der Waals surface area contributed by atoms with E-state index in [0.717, 1.165) is 28.4 Å². The van der Waals surface area contributed by atoms with Crippen LogP contribution >= 0.6 is 15.9 Å². The summed E-state index contributed by atoms with van der Waals surface area (Å²) < 4.78 is 8.62. The Labute approximate surface area is 98.9 Å². The SMILES string of the molecule is Cc1nn(C)c(COCCC2CC2)c1Br. The van der Waals surface area contributed by atoms with Crippen molar-refractivity contribution in [2.45, 2.75) is 32.8 Å². The maximum absolute atomic E-state index is 5.65. The van der Waals surface area contributed by atoms with Crippen LogP contribution in [0, 0.1) is 12.8 Å². The second kappa shape index (κ2) is 4.66. The van der Waals surface area contributed by atoms with Crippen LogP contribution in [0.15, 0.2) is 4.47 Å². The fraction of sp³-hybridized carbons (Fsp3) is 0.727. The number of aryl methyl sites for hydroxylation is 2. The lowest BCUT2D eigenvalue weighted by molar-refractivity contribution is 0.110. The Bertz CT molecular complexity index is 345. The number of ether oxygens (including phenoxy) is 1. The van der Waals surface area contributed by atoms with E-state index in [-0.39, 0.29) is 0 Å². The Morgan fingerprint density at radius 2 is 2.27 bits per heavy atom. The minimum absolute atomic E-state index is 0.657. The molecule has 15 heavy (non-hydrogen) atoms. The molecule has 0 bridgehead atoms. The third-order valence-corrected chi connectivity index (χ3v) is 3.90. The minimum atomic E-state index is 0.657. The number of rotatable bonds is 5. The van der Waals surface area contributed by atoms with Crippen molar-refractivity contribution in [2.75, 3.05) is 6.61 Å². The Morgan fingerprint density at radius 1 is 1.53 bits per heavy atom.